The van der Waals surface area contributed by atoms with E-state index >= 15 is 0 Å². The fourth-order valence-corrected chi connectivity index (χ4v) is 2.16. The molecule has 100 valence electrons. The summed E-state index contributed by atoms with van der Waals surface area (Å²) in [6.07, 6.45) is 0. The molecule has 6 heteroatoms. The van der Waals surface area contributed by atoms with Gasteiger partial charge in [-0.25, -0.2) is 0 Å². The highest BCUT2D eigenvalue weighted by molar-refractivity contribution is 5.60. The molecule has 0 saturated carbocycles. The minimum absolute atomic E-state index is 0.270. The van der Waals surface area contributed by atoms with Crippen molar-refractivity contribution in [2.45, 2.75) is 20.0 Å². The van der Waals surface area contributed by atoms with E-state index in [-0.39, 0.29) is 6.54 Å². The Labute approximate surface area is 111 Å². The second-order valence-corrected chi connectivity index (χ2v) is 4.55. The highest BCUT2D eigenvalue weighted by Crippen LogP contribution is 2.32. The summed E-state index contributed by atoms with van der Waals surface area (Å²) in [5.74, 6) is 2.02. The normalized spacial score (nSPS) is 14.1. The van der Waals surface area contributed by atoms with Crippen molar-refractivity contribution < 1.29 is 9.26 Å². The number of nitrogens with zero attached hydrogens (tertiary/aromatic N) is 3. The van der Waals surface area contributed by atoms with Crippen LogP contribution in [-0.4, -0.2) is 23.3 Å². The topological polar surface area (TPSA) is 77.4 Å². The van der Waals surface area contributed by atoms with Gasteiger partial charge < -0.3 is 19.9 Å². The second-order valence-electron chi connectivity index (χ2n) is 4.55. The van der Waals surface area contributed by atoms with Crippen molar-refractivity contribution in [1.29, 1.82) is 0 Å². The van der Waals surface area contributed by atoms with E-state index in [1.807, 2.05) is 6.07 Å². The van der Waals surface area contributed by atoms with Crippen molar-refractivity contribution in [2.75, 3.05) is 18.1 Å². The maximum atomic E-state index is 5.67. The van der Waals surface area contributed by atoms with E-state index in [2.05, 4.69) is 34.1 Å². The minimum Gasteiger partial charge on any atom is -0.490 e. The molecule has 1 aliphatic rings. The van der Waals surface area contributed by atoms with Crippen molar-refractivity contribution in [3.05, 3.63) is 35.5 Å². The molecule has 6 nitrogen and oxygen atoms in total. The number of aromatic nitrogens is 2. The molecule has 1 aromatic carbocycles. The molecule has 0 bridgehead atoms. The van der Waals surface area contributed by atoms with Crippen LogP contribution in [0, 0.1) is 6.92 Å². The van der Waals surface area contributed by atoms with Crippen LogP contribution < -0.4 is 15.4 Å². The predicted octanol–water partition coefficient (Wildman–Crippen LogP) is 1.24. The predicted molar refractivity (Wildman–Crippen MR) is 69.9 cm³/mol. The first-order valence-electron chi connectivity index (χ1n) is 6.26. The Balaban J connectivity index is 1.83. The molecule has 0 fully saturated rings. The van der Waals surface area contributed by atoms with Crippen LogP contribution in [0.5, 0.6) is 5.75 Å². The van der Waals surface area contributed by atoms with Crippen molar-refractivity contribution in [1.82, 2.24) is 10.1 Å². The molecule has 0 atom stereocenters. The standard InChI is InChI=1S/C13H16N4O2/c1-9-2-3-10-11(6-9)18-5-4-17(10)8-12-15-13(7-14)19-16-12/h2-3,6H,4-5,7-8,14H2,1H3. The summed E-state index contributed by atoms with van der Waals surface area (Å²) < 4.78 is 10.7. The Kier molecular flexibility index (Phi) is 3.08. The SMILES string of the molecule is Cc1ccc2c(c1)OCCN2Cc1noc(CN)n1. The van der Waals surface area contributed by atoms with E-state index in [1.54, 1.807) is 0 Å². The molecule has 0 unspecified atom stereocenters. The molecular weight excluding hydrogens is 244 g/mol. The smallest absolute Gasteiger partial charge is 0.240 e. The highest BCUT2D eigenvalue weighted by Gasteiger charge is 2.20. The lowest BCUT2D eigenvalue weighted by Crippen LogP contribution is -2.32. The van der Waals surface area contributed by atoms with Gasteiger partial charge in [-0.1, -0.05) is 11.2 Å². The monoisotopic (exact) mass is 260 g/mol. The molecular formula is C13H16N4O2. The third kappa shape index (κ3) is 2.39. The molecule has 3 rings (SSSR count). The van der Waals surface area contributed by atoms with Gasteiger partial charge in [0.2, 0.25) is 5.89 Å². The van der Waals surface area contributed by atoms with Crippen LogP contribution in [0.1, 0.15) is 17.3 Å². The number of hydrogen-bond acceptors (Lipinski definition) is 6. The summed E-state index contributed by atoms with van der Waals surface area (Å²) >= 11 is 0. The molecule has 1 aromatic heterocycles. The van der Waals surface area contributed by atoms with Gasteiger partial charge in [0.25, 0.3) is 0 Å². The Hall–Kier alpha value is -2.08. The first-order valence-corrected chi connectivity index (χ1v) is 6.26. The maximum Gasteiger partial charge on any atom is 0.240 e. The van der Waals surface area contributed by atoms with Crippen LogP contribution in [0.3, 0.4) is 0 Å². The number of hydrogen-bond donors (Lipinski definition) is 1. The maximum absolute atomic E-state index is 5.67. The van der Waals surface area contributed by atoms with Crippen LogP contribution in [0.25, 0.3) is 0 Å². The van der Waals surface area contributed by atoms with E-state index in [9.17, 15) is 0 Å². The van der Waals surface area contributed by atoms with E-state index in [1.165, 1.54) is 5.56 Å². The first-order chi connectivity index (χ1) is 9.26. The fourth-order valence-electron chi connectivity index (χ4n) is 2.16. The third-order valence-electron chi connectivity index (χ3n) is 3.09. The van der Waals surface area contributed by atoms with Gasteiger partial charge >= 0.3 is 0 Å². The number of nitrogens with two attached hydrogens (primary N) is 1. The Morgan fingerprint density at radius 2 is 2.32 bits per heavy atom. The first kappa shape index (κ1) is 12.0. The molecule has 1 aliphatic heterocycles. The highest BCUT2D eigenvalue weighted by atomic mass is 16.5. The summed E-state index contributed by atoms with van der Waals surface area (Å²) in [7, 11) is 0. The molecule has 2 aromatic rings. The number of ether oxygens (including phenoxy) is 1. The average Bonchev–Trinajstić information content (AvgIpc) is 2.86. The van der Waals surface area contributed by atoms with Crippen molar-refractivity contribution in [2.24, 2.45) is 5.73 Å². The quantitative estimate of drug-likeness (QED) is 0.894. The molecule has 2 heterocycles. The minimum atomic E-state index is 0.270. The second kappa shape index (κ2) is 4.89. The summed E-state index contributed by atoms with van der Waals surface area (Å²) in [6, 6.07) is 6.18. The summed E-state index contributed by atoms with van der Waals surface area (Å²) in [5.41, 5.74) is 7.71. The molecule has 0 amide bonds. The molecule has 2 N–H and O–H groups in total. The number of anilines is 1. The molecule has 19 heavy (non-hydrogen) atoms. The Morgan fingerprint density at radius 1 is 1.42 bits per heavy atom. The largest absolute Gasteiger partial charge is 0.490 e. The van der Waals surface area contributed by atoms with Crippen LogP contribution in [-0.2, 0) is 13.1 Å². The summed E-state index contributed by atoms with van der Waals surface area (Å²) in [5, 5.41) is 3.92. The number of aryl methyl sites for hydroxylation is 1. The van der Waals surface area contributed by atoms with Crippen LogP contribution in [0.2, 0.25) is 0 Å². The van der Waals surface area contributed by atoms with E-state index in [0.29, 0.717) is 24.9 Å². The average molecular weight is 260 g/mol. The molecule has 0 aliphatic carbocycles. The molecule has 0 spiro atoms. The number of fused-ring (bicyclic) bond motifs is 1. The zero-order chi connectivity index (χ0) is 13.2. The van der Waals surface area contributed by atoms with Gasteiger partial charge in [-0.15, -0.1) is 0 Å². The lowest BCUT2D eigenvalue weighted by atomic mass is 10.1. The zero-order valence-corrected chi connectivity index (χ0v) is 10.8. The lowest BCUT2D eigenvalue weighted by molar-refractivity contribution is 0.305. The summed E-state index contributed by atoms with van der Waals surface area (Å²) in [6.45, 7) is 4.39. The number of benzene rings is 1. The van der Waals surface area contributed by atoms with Crippen LogP contribution >= 0.6 is 0 Å². The molecule has 0 saturated heterocycles. The summed E-state index contributed by atoms with van der Waals surface area (Å²) in [4.78, 5) is 6.41. The van der Waals surface area contributed by atoms with Gasteiger partial charge in [0, 0.05) is 0 Å². The van der Waals surface area contributed by atoms with Crippen LogP contribution in [0.4, 0.5) is 5.69 Å². The van der Waals surface area contributed by atoms with Gasteiger partial charge in [-0.05, 0) is 24.6 Å². The van der Waals surface area contributed by atoms with Crippen molar-refractivity contribution in [3.8, 4) is 5.75 Å². The van der Waals surface area contributed by atoms with Crippen LogP contribution in [0.15, 0.2) is 22.7 Å². The number of rotatable bonds is 3. The Bertz CT molecular complexity index is 582. The van der Waals surface area contributed by atoms with Crippen molar-refractivity contribution >= 4 is 5.69 Å². The van der Waals surface area contributed by atoms with Gasteiger partial charge in [0.15, 0.2) is 5.82 Å². The van der Waals surface area contributed by atoms with Gasteiger partial charge in [-0.3, -0.25) is 0 Å². The van der Waals surface area contributed by atoms with Gasteiger partial charge in [0.05, 0.1) is 25.3 Å². The zero-order valence-electron chi connectivity index (χ0n) is 10.8. The lowest BCUT2D eigenvalue weighted by Gasteiger charge is -2.30. The van der Waals surface area contributed by atoms with E-state index in [4.69, 9.17) is 15.0 Å². The van der Waals surface area contributed by atoms with Gasteiger partial charge in [-0.2, -0.15) is 4.98 Å². The van der Waals surface area contributed by atoms with Crippen molar-refractivity contribution in [3.63, 3.8) is 0 Å². The van der Waals surface area contributed by atoms with Gasteiger partial charge in [0.1, 0.15) is 12.4 Å². The van der Waals surface area contributed by atoms with E-state index < -0.39 is 0 Å². The third-order valence-corrected chi connectivity index (χ3v) is 3.09. The molecule has 0 radical (unpaired) electrons. The Morgan fingerprint density at radius 3 is 3.11 bits per heavy atom. The van der Waals surface area contributed by atoms with E-state index in [0.717, 1.165) is 18.0 Å². The fraction of sp³-hybridized carbons (Fsp3) is 0.385.